The fourth-order valence-corrected chi connectivity index (χ4v) is 1.68. The average Bonchev–Trinajstić information content (AvgIpc) is 2.44. The number of anilines is 1. The second-order valence-electron chi connectivity index (χ2n) is 4.35. The third-order valence-corrected chi connectivity index (χ3v) is 2.67. The van der Waals surface area contributed by atoms with Crippen molar-refractivity contribution >= 4 is 17.3 Å². The molecule has 0 atom stereocenters. The molecule has 8 nitrogen and oxygen atoms in total. The lowest BCUT2D eigenvalue weighted by molar-refractivity contribution is -0.384. The molecular weight excluding hydrogens is 274 g/mol. The lowest BCUT2D eigenvalue weighted by atomic mass is 10.1. The summed E-state index contributed by atoms with van der Waals surface area (Å²) in [5.41, 5.74) is 4.02. The Balaban J connectivity index is 2.23. The lowest BCUT2D eigenvalue weighted by Crippen LogP contribution is -2.11. The van der Waals surface area contributed by atoms with Gasteiger partial charge in [-0.05, 0) is 13.8 Å². The molecule has 0 fully saturated rings. The maximum Gasteiger partial charge on any atom is 0.270 e. The number of aromatic amines is 1. The van der Waals surface area contributed by atoms with Gasteiger partial charge in [-0.25, -0.2) is 10.4 Å². The smallest absolute Gasteiger partial charge is 0.270 e. The maximum absolute atomic E-state index is 11.3. The molecule has 2 N–H and O–H groups in total. The van der Waals surface area contributed by atoms with Crippen LogP contribution in [0.1, 0.15) is 18.2 Å². The summed E-state index contributed by atoms with van der Waals surface area (Å²) in [6.07, 6.45) is 0. The summed E-state index contributed by atoms with van der Waals surface area (Å²) in [5.74, 6) is 0.213. The van der Waals surface area contributed by atoms with Gasteiger partial charge in [0.1, 0.15) is 0 Å². The number of aromatic nitrogens is 2. The van der Waals surface area contributed by atoms with Crippen molar-refractivity contribution in [3.05, 3.63) is 62.1 Å². The van der Waals surface area contributed by atoms with E-state index in [-0.39, 0.29) is 17.2 Å². The standard InChI is InChI=1S/C13H13N5O3/c1-8-6-12(19)15-13(14-8)17-16-9(2)10-4-3-5-11(7-10)18(20)21/h3-7H,1-2H3,(H2,14,15,17,19)/b16-9-. The second-order valence-corrected chi connectivity index (χ2v) is 4.35. The molecule has 0 amide bonds. The monoisotopic (exact) mass is 287 g/mol. The number of nitro groups is 1. The van der Waals surface area contributed by atoms with E-state index in [2.05, 4.69) is 20.5 Å². The van der Waals surface area contributed by atoms with E-state index >= 15 is 0 Å². The number of benzene rings is 1. The molecule has 21 heavy (non-hydrogen) atoms. The molecule has 0 saturated heterocycles. The van der Waals surface area contributed by atoms with Crippen LogP contribution in [0, 0.1) is 17.0 Å². The molecule has 0 aliphatic heterocycles. The number of nitrogens with zero attached hydrogens (tertiary/aromatic N) is 3. The highest BCUT2D eigenvalue weighted by atomic mass is 16.6. The summed E-state index contributed by atoms with van der Waals surface area (Å²) < 4.78 is 0. The molecule has 0 aliphatic carbocycles. The molecule has 1 aromatic heterocycles. The van der Waals surface area contributed by atoms with Crippen molar-refractivity contribution in [1.29, 1.82) is 0 Å². The molecule has 0 unspecified atom stereocenters. The van der Waals surface area contributed by atoms with E-state index < -0.39 is 4.92 Å². The van der Waals surface area contributed by atoms with Gasteiger partial charge in [0, 0.05) is 29.5 Å². The van der Waals surface area contributed by atoms with Crippen LogP contribution < -0.4 is 11.0 Å². The molecule has 0 radical (unpaired) electrons. The van der Waals surface area contributed by atoms with Crippen LogP contribution in [0.3, 0.4) is 0 Å². The number of aryl methyl sites for hydroxylation is 1. The van der Waals surface area contributed by atoms with Crippen LogP contribution in [0.25, 0.3) is 0 Å². The third kappa shape index (κ3) is 3.72. The normalized spacial score (nSPS) is 11.2. The Morgan fingerprint density at radius 2 is 2.19 bits per heavy atom. The summed E-state index contributed by atoms with van der Waals surface area (Å²) >= 11 is 0. The van der Waals surface area contributed by atoms with E-state index in [9.17, 15) is 14.9 Å². The van der Waals surface area contributed by atoms with Gasteiger partial charge in [0.25, 0.3) is 11.2 Å². The minimum atomic E-state index is -0.468. The minimum Gasteiger partial charge on any atom is -0.291 e. The van der Waals surface area contributed by atoms with Crippen LogP contribution in [0.4, 0.5) is 11.6 Å². The predicted octanol–water partition coefficient (Wildman–Crippen LogP) is 1.82. The molecule has 0 saturated carbocycles. The number of nitrogens with one attached hydrogen (secondary N) is 2. The van der Waals surface area contributed by atoms with E-state index in [4.69, 9.17) is 0 Å². The van der Waals surface area contributed by atoms with Crippen molar-refractivity contribution in [3.63, 3.8) is 0 Å². The number of non-ortho nitro benzene ring substituents is 1. The topological polar surface area (TPSA) is 113 Å². The van der Waals surface area contributed by atoms with Crippen molar-refractivity contribution in [2.45, 2.75) is 13.8 Å². The van der Waals surface area contributed by atoms with Gasteiger partial charge in [-0.3, -0.25) is 19.9 Å². The summed E-state index contributed by atoms with van der Waals surface area (Å²) in [4.78, 5) is 28.1. The fraction of sp³-hybridized carbons (Fsp3) is 0.154. The van der Waals surface area contributed by atoms with Crippen molar-refractivity contribution in [3.8, 4) is 0 Å². The van der Waals surface area contributed by atoms with Gasteiger partial charge < -0.3 is 0 Å². The molecule has 0 bridgehead atoms. The molecular formula is C13H13N5O3. The van der Waals surface area contributed by atoms with E-state index in [0.717, 1.165) is 0 Å². The number of rotatable bonds is 4. The predicted molar refractivity (Wildman–Crippen MR) is 78.5 cm³/mol. The van der Waals surface area contributed by atoms with Gasteiger partial charge in [-0.15, -0.1) is 0 Å². The first kappa shape index (κ1) is 14.4. The quantitative estimate of drug-likeness (QED) is 0.506. The maximum atomic E-state index is 11.3. The van der Waals surface area contributed by atoms with E-state index in [1.54, 1.807) is 26.0 Å². The first-order valence-electron chi connectivity index (χ1n) is 6.09. The van der Waals surface area contributed by atoms with Crippen molar-refractivity contribution in [2.75, 3.05) is 5.43 Å². The Morgan fingerprint density at radius 1 is 1.43 bits per heavy atom. The molecule has 1 heterocycles. The summed E-state index contributed by atoms with van der Waals surface area (Å²) in [6.45, 7) is 3.39. The molecule has 108 valence electrons. The highest BCUT2D eigenvalue weighted by Gasteiger charge is 2.07. The number of H-pyrrole nitrogens is 1. The molecule has 1 aromatic carbocycles. The van der Waals surface area contributed by atoms with Gasteiger partial charge in [0.15, 0.2) is 0 Å². The van der Waals surface area contributed by atoms with Crippen LogP contribution in [-0.2, 0) is 0 Å². The highest BCUT2D eigenvalue weighted by molar-refractivity contribution is 5.99. The van der Waals surface area contributed by atoms with Gasteiger partial charge >= 0.3 is 0 Å². The van der Waals surface area contributed by atoms with Crippen LogP contribution in [0.5, 0.6) is 0 Å². The number of hydrogen-bond donors (Lipinski definition) is 2. The summed E-state index contributed by atoms with van der Waals surface area (Å²) in [6, 6.07) is 7.48. The average molecular weight is 287 g/mol. The van der Waals surface area contributed by atoms with Gasteiger partial charge in [-0.2, -0.15) is 5.10 Å². The SMILES string of the molecule is C/C(=N/Nc1nc(C)cc(=O)[nH]1)c1cccc([N+](=O)[O-])c1. The molecule has 2 aromatic rings. The molecule has 0 spiro atoms. The van der Waals surface area contributed by atoms with E-state index in [1.807, 2.05) is 0 Å². The first-order valence-corrected chi connectivity index (χ1v) is 6.09. The van der Waals surface area contributed by atoms with Crippen LogP contribution in [0.2, 0.25) is 0 Å². The van der Waals surface area contributed by atoms with Crippen LogP contribution >= 0.6 is 0 Å². The Labute approximate surface area is 119 Å². The Hall–Kier alpha value is -3.03. The van der Waals surface area contributed by atoms with E-state index in [1.165, 1.54) is 18.2 Å². The van der Waals surface area contributed by atoms with Crippen LogP contribution in [-0.4, -0.2) is 20.6 Å². The number of nitro benzene ring substituents is 1. The number of hydrazone groups is 1. The van der Waals surface area contributed by atoms with Gasteiger partial charge in [0.05, 0.1) is 10.6 Å². The Bertz CT molecular complexity index is 766. The second kappa shape index (κ2) is 5.95. The Morgan fingerprint density at radius 3 is 2.86 bits per heavy atom. The van der Waals surface area contributed by atoms with Crippen molar-refractivity contribution in [2.24, 2.45) is 5.10 Å². The zero-order valence-corrected chi connectivity index (χ0v) is 11.5. The fourth-order valence-electron chi connectivity index (χ4n) is 1.68. The highest BCUT2D eigenvalue weighted by Crippen LogP contribution is 2.13. The summed E-state index contributed by atoms with van der Waals surface area (Å²) in [7, 11) is 0. The Kier molecular flexibility index (Phi) is 4.07. The molecule has 2 rings (SSSR count). The zero-order valence-electron chi connectivity index (χ0n) is 11.5. The largest absolute Gasteiger partial charge is 0.291 e. The van der Waals surface area contributed by atoms with Crippen LogP contribution in [0.15, 0.2) is 40.2 Å². The minimum absolute atomic E-state index is 0.0101. The molecule has 8 heteroatoms. The first-order chi connectivity index (χ1) is 9.95. The molecule has 0 aliphatic rings. The zero-order chi connectivity index (χ0) is 15.4. The lowest BCUT2D eigenvalue weighted by Gasteiger charge is -2.03. The number of hydrogen-bond acceptors (Lipinski definition) is 6. The van der Waals surface area contributed by atoms with Gasteiger partial charge in [0.2, 0.25) is 5.95 Å². The summed E-state index contributed by atoms with van der Waals surface area (Å²) in [5, 5.41) is 14.8. The van der Waals surface area contributed by atoms with Crippen molar-refractivity contribution < 1.29 is 4.92 Å². The van der Waals surface area contributed by atoms with Gasteiger partial charge in [-0.1, -0.05) is 12.1 Å². The van der Waals surface area contributed by atoms with Crippen molar-refractivity contribution in [1.82, 2.24) is 9.97 Å². The third-order valence-electron chi connectivity index (χ3n) is 2.67. The van der Waals surface area contributed by atoms with E-state index in [0.29, 0.717) is 17.0 Å².